The molecule has 0 aliphatic carbocycles. The molecule has 1 aliphatic heterocycles. The van der Waals surface area contributed by atoms with E-state index < -0.39 is 0 Å². The summed E-state index contributed by atoms with van der Waals surface area (Å²) in [4.78, 5) is 0. The molecule has 1 heterocycles. The van der Waals surface area contributed by atoms with Gasteiger partial charge in [0.1, 0.15) is 0 Å². The molecule has 0 bridgehead atoms. The van der Waals surface area contributed by atoms with Crippen LogP contribution < -0.4 is 5.32 Å². The maximum absolute atomic E-state index is 9.54. The fraction of sp³-hybridized carbons (Fsp3) is 1.00. The number of aliphatic hydroxyl groups excluding tert-OH is 2. The zero-order chi connectivity index (χ0) is 8.97. The fourth-order valence-electron chi connectivity index (χ4n) is 1.76. The van der Waals surface area contributed by atoms with Gasteiger partial charge in [0, 0.05) is 12.1 Å². The molecular weight excluding hydrogens is 154 g/mol. The first-order valence-corrected chi connectivity index (χ1v) is 4.83. The van der Waals surface area contributed by atoms with Crippen molar-refractivity contribution in [1.29, 1.82) is 0 Å². The van der Waals surface area contributed by atoms with Crippen molar-refractivity contribution in [3.05, 3.63) is 0 Å². The summed E-state index contributed by atoms with van der Waals surface area (Å²) in [5.74, 6) is 0. The summed E-state index contributed by atoms with van der Waals surface area (Å²) >= 11 is 0. The van der Waals surface area contributed by atoms with E-state index in [0.717, 1.165) is 19.3 Å². The Balaban J connectivity index is 2.25. The third-order valence-electron chi connectivity index (χ3n) is 2.53. The van der Waals surface area contributed by atoms with Crippen LogP contribution in [0.25, 0.3) is 0 Å². The van der Waals surface area contributed by atoms with Crippen molar-refractivity contribution < 1.29 is 10.2 Å². The summed E-state index contributed by atoms with van der Waals surface area (Å²) in [7, 11) is 0. The SMILES string of the molecule is CCCC[C@H]1N[C@H](CO)C[C@@H]1O. The van der Waals surface area contributed by atoms with Crippen LogP contribution in [0.4, 0.5) is 0 Å². The largest absolute Gasteiger partial charge is 0.395 e. The van der Waals surface area contributed by atoms with Crippen LogP contribution in [0.2, 0.25) is 0 Å². The van der Waals surface area contributed by atoms with Crippen molar-refractivity contribution >= 4 is 0 Å². The summed E-state index contributed by atoms with van der Waals surface area (Å²) < 4.78 is 0. The Labute approximate surface area is 73.8 Å². The average Bonchev–Trinajstić information content (AvgIpc) is 2.43. The van der Waals surface area contributed by atoms with E-state index in [-0.39, 0.29) is 24.8 Å². The predicted molar refractivity (Wildman–Crippen MR) is 47.9 cm³/mol. The molecule has 1 rings (SSSR count). The zero-order valence-electron chi connectivity index (χ0n) is 7.66. The van der Waals surface area contributed by atoms with Crippen LogP contribution in [-0.4, -0.2) is 35.0 Å². The fourth-order valence-corrected chi connectivity index (χ4v) is 1.76. The van der Waals surface area contributed by atoms with E-state index in [2.05, 4.69) is 12.2 Å². The molecule has 72 valence electrons. The topological polar surface area (TPSA) is 52.5 Å². The Morgan fingerprint density at radius 1 is 1.50 bits per heavy atom. The van der Waals surface area contributed by atoms with Crippen LogP contribution in [0, 0.1) is 0 Å². The summed E-state index contributed by atoms with van der Waals surface area (Å²) in [6, 6.07) is 0.323. The van der Waals surface area contributed by atoms with E-state index in [9.17, 15) is 5.11 Å². The second-order valence-corrected chi connectivity index (χ2v) is 3.60. The minimum Gasteiger partial charge on any atom is -0.395 e. The lowest BCUT2D eigenvalue weighted by Crippen LogP contribution is -2.34. The van der Waals surface area contributed by atoms with Gasteiger partial charge in [-0.2, -0.15) is 0 Å². The van der Waals surface area contributed by atoms with Crippen LogP contribution in [-0.2, 0) is 0 Å². The van der Waals surface area contributed by atoms with Crippen LogP contribution >= 0.6 is 0 Å². The van der Waals surface area contributed by atoms with Gasteiger partial charge in [-0.1, -0.05) is 19.8 Å². The van der Waals surface area contributed by atoms with Gasteiger partial charge < -0.3 is 15.5 Å². The highest BCUT2D eigenvalue weighted by Gasteiger charge is 2.30. The van der Waals surface area contributed by atoms with Crippen LogP contribution in [0.5, 0.6) is 0 Å². The molecule has 1 saturated heterocycles. The smallest absolute Gasteiger partial charge is 0.0708 e. The van der Waals surface area contributed by atoms with Gasteiger partial charge in [0.25, 0.3) is 0 Å². The molecule has 3 atom stereocenters. The van der Waals surface area contributed by atoms with Gasteiger partial charge in [-0.25, -0.2) is 0 Å². The molecule has 12 heavy (non-hydrogen) atoms. The Hall–Kier alpha value is -0.120. The lowest BCUT2D eigenvalue weighted by molar-refractivity contribution is 0.151. The Bertz CT molecular complexity index is 130. The molecule has 3 nitrogen and oxygen atoms in total. The maximum atomic E-state index is 9.54. The minimum absolute atomic E-state index is 0.113. The first-order valence-electron chi connectivity index (χ1n) is 4.83. The molecule has 3 N–H and O–H groups in total. The molecular formula is C9H19NO2. The molecule has 0 aromatic heterocycles. The molecule has 0 unspecified atom stereocenters. The van der Waals surface area contributed by atoms with Gasteiger partial charge >= 0.3 is 0 Å². The summed E-state index contributed by atoms with van der Waals surface area (Å²) in [5.41, 5.74) is 0. The van der Waals surface area contributed by atoms with Crippen molar-refractivity contribution in [1.82, 2.24) is 5.32 Å². The zero-order valence-corrected chi connectivity index (χ0v) is 7.66. The average molecular weight is 173 g/mol. The molecule has 1 aliphatic rings. The van der Waals surface area contributed by atoms with E-state index in [1.54, 1.807) is 0 Å². The van der Waals surface area contributed by atoms with Gasteiger partial charge in [0.05, 0.1) is 12.7 Å². The minimum atomic E-state index is -0.256. The van der Waals surface area contributed by atoms with Crippen LogP contribution in [0.15, 0.2) is 0 Å². The molecule has 1 fully saturated rings. The Kier molecular flexibility index (Phi) is 3.98. The summed E-state index contributed by atoms with van der Waals surface area (Å²) in [6.07, 6.45) is 3.77. The van der Waals surface area contributed by atoms with Crippen molar-refractivity contribution in [2.24, 2.45) is 0 Å². The second-order valence-electron chi connectivity index (χ2n) is 3.60. The van der Waals surface area contributed by atoms with Gasteiger partial charge in [0.15, 0.2) is 0 Å². The Morgan fingerprint density at radius 3 is 2.75 bits per heavy atom. The second kappa shape index (κ2) is 4.80. The number of hydrogen-bond donors (Lipinski definition) is 3. The van der Waals surface area contributed by atoms with Gasteiger partial charge in [0.2, 0.25) is 0 Å². The normalized spacial score (nSPS) is 35.8. The van der Waals surface area contributed by atoms with Crippen molar-refractivity contribution in [3.8, 4) is 0 Å². The van der Waals surface area contributed by atoms with E-state index >= 15 is 0 Å². The first-order chi connectivity index (χ1) is 5.77. The van der Waals surface area contributed by atoms with Gasteiger partial charge in [-0.3, -0.25) is 0 Å². The van der Waals surface area contributed by atoms with Gasteiger partial charge in [-0.05, 0) is 12.8 Å². The highest BCUT2D eigenvalue weighted by atomic mass is 16.3. The lowest BCUT2D eigenvalue weighted by atomic mass is 10.1. The quantitative estimate of drug-likeness (QED) is 0.571. The molecule has 0 aromatic rings. The molecule has 0 aromatic carbocycles. The van der Waals surface area contributed by atoms with E-state index in [1.165, 1.54) is 0 Å². The van der Waals surface area contributed by atoms with E-state index in [0.29, 0.717) is 6.42 Å². The molecule has 3 heteroatoms. The molecule has 0 amide bonds. The van der Waals surface area contributed by atoms with E-state index in [1.807, 2.05) is 0 Å². The summed E-state index contributed by atoms with van der Waals surface area (Å²) in [6.45, 7) is 2.28. The molecule has 0 radical (unpaired) electrons. The summed E-state index contributed by atoms with van der Waals surface area (Å²) in [5, 5.41) is 21.6. The standard InChI is InChI=1S/C9H19NO2/c1-2-3-4-8-9(12)5-7(6-11)10-8/h7-12H,2-6H2,1H3/t7-,8+,9-/m0/s1. The highest BCUT2D eigenvalue weighted by molar-refractivity contribution is 4.89. The third kappa shape index (κ3) is 2.44. The molecule has 0 saturated carbocycles. The first kappa shape index (κ1) is 9.96. The number of aliphatic hydroxyl groups is 2. The highest BCUT2D eigenvalue weighted by Crippen LogP contribution is 2.17. The molecule has 0 spiro atoms. The number of rotatable bonds is 4. The van der Waals surface area contributed by atoms with Crippen LogP contribution in [0.1, 0.15) is 32.6 Å². The maximum Gasteiger partial charge on any atom is 0.0708 e. The van der Waals surface area contributed by atoms with Crippen molar-refractivity contribution in [3.63, 3.8) is 0 Å². The number of hydrogen-bond acceptors (Lipinski definition) is 3. The monoisotopic (exact) mass is 173 g/mol. The Morgan fingerprint density at radius 2 is 2.25 bits per heavy atom. The van der Waals surface area contributed by atoms with Crippen LogP contribution in [0.3, 0.4) is 0 Å². The third-order valence-corrected chi connectivity index (χ3v) is 2.53. The predicted octanol–water partition coefficient (Wildman–Crippen LogP) is 0.260. The van der Waals surface area contributed by atoms with E-state index in [4.69, 9.17) is 5.11 Å². The lowest BCUT2D eigenvalue weighted by Gasteiger charge is -2.14. The number of unbranched alkanes of at least 4 members (excludes halogenated alkanes) is 1. The van der Waals surface area contributed by atoms with Crippen molar-refractivity contribution in [2.45, 2.75) is 50.8 Å². The van der Waals surface area contributed by atoms with Gasteiger partial charge in [-0.15, -0.1) is 0 Å². The number of nitrogens with one attached hydrogen (secondary N) is 1. The van der Waals surface area contributed by atoms with Crippen molar-refractivity contribution in [2.75, 3.05) is 6.61 Å².